The zero-order valence-electron chi connectivity index (χ0n) is 16.1. The van der Waals surface area contributed by atoms with Crippen LogP contribution in [0.15, 0.2) is 18.2 Å². The fraction of sp³-hybridized carbons (Fsp3) is 0.524. The van der Waals surface area contributed by atoms with Crippen LogP contribution in [0.2, 0.25) is 0 Å². The van der Waals surface area contributed by atoms with Gasteiger partial charge in [0.2, 0.25) is 11.8 Å². The van der Waals surface area contributed by atoms with Crippen molar-refractivity contribution in [2.75, 3.05) is 18.4 Å². The normalized spacial score (nSPS) is 31.1. The minimum absolute atomic E-state index is 0.112. The summed E-state index contributed by atoms with van der Waals surface area (Å²) in [6.07, 6.45) is 5.12. The molecule has 0 spiro atoms. The summed E-state index contributed by atoms with van der Waals surface area (Å²) in [5.74, 6) is -1.16. The molecule has 0 radical (unpaired) electrons. The number of hydrogen-bond donors (Lipinski definition) is 3. The zero-order valence-corrected chi connectivity index (χ0v) is 16.1. The number of fused-ring (bicyclic) bond motifs is 3. The average Bonchev–Trinajstić information content (AvgIpc) is 3.14. The molecule has 4 aliphatic rings. The number of anilines is 1. The third-order valence-corrected chi connectivity index (χ3v) is 6.78. The topological polar surface area (TPSA) is 108 Å². The molecule has 8 heteroatoms. The number of carbonyl (C=O) groups is 4. The van der Waals surface area contributed by atoms with E-state index in [1.165, 1.54) is 19.3 Å². The first-order valence-corrected chi connectivity index (χ1v) is 10.3. The van der Waals surface area contributed by atoms with Crippen LogP contribution in [0.5, 0.6) is 0 Å². The SMILES string of the molecule is O=C1CCC(N2C(=O)c3ccc(NC[C@@]45CCCC(CN4)C5)cc3C2=O)C(=O)N1. The highest BCUT2D eigenvalue weighted by molar-refractivity contribution is 6.23. The summed E-state index contributed by atoms with van der Waals surface area (Å²) < 4.78 is 0. The van der Waals surface area contributed by atoms with E-state index in [0.717, 1.165) is 36.0 Å². The van der Waals surface area contributed by atoms with Crippen LogP contribution in [0.25, 0.3) is 0 Å². The van der Waals surface area contributed by atoms with Gasteiger partial charge in [-0.25, -0.2) is 0 Å². The Kier molecular flexibility index (Phi) is 4.20. The Morgan fingerprint density at radius 2 is 1.93 bits per heavy atom. The van der Waals surface area contributed by atoms with Crippen molar-refractivity contribution >= 4 is 29.3 Å². The van der Waals surface area contributed by atoms with E-state index in [1.54, 1.807) is 12.1 Å². The molecule has 3 heterocycles. The second-order valence-corrected chi connectivity index (χ2v) is 8.68. The maximum Gasteiger partial charge on any atom is 0.262 e. The van der Waals surface area contributed by atoms with Gasteiger partial charge >= 0.3 is 0 Å². The van der Waals surface area contributed by atoms with Gasteiger partial charge in [-0.3, -0.25) is 29.4 Å². The predicted octanol–water partition coefficient (Wildman–Crippen LogP) is 1.03. The lowest BCUT2D eigenvalue weighted by Crippen LogP contribution is -2.54. The van der Waals surface area contributed by atoms with Crippen molar-refractivity contribution in [3.05, 3.63) is 29.3 Å². The smallest absolute Gasteiger partial charge is 0.262 e. The monoisotopic (exact) mass is 396 g/mol. The summed E-state index contributed by atoms with van der Waals surface area (Å²) in [5.41, 5.74) is 1.52. The van der Waals surface area contributed by atoms with E-state index in [1.807, 2.05) is 6.07 Å². The van der Waals surface area contributed by atoms with Gasteiger partial charge in [0, 0.05) is 24.2 Å². The van der Waals surface area contributed by atoms with Gasteiger partial charge < -0.3 is 10.6 Å². The third kappa shape index (κ3) is 3.02. The molecule has 1 aliphatic carbocycles. The molecule has 3 fully saturated rings. The van der Waals surface area contributed by atoms with E-state index in [4.69, 9.17) is 0 Å². The molecule has 2 bridgehead atoms. The number of piperidine rings is 1. The summed E-state index contributed by atoms with van der Waals surface area (Å²) in [6.45, 7) is 1.85. The molecule has 3 atom stereocenters. The van der Waals surface area contributed by atoms with Crippen molar-refractivity contribution in [1.29, 1.82) is 0 Å². The highest BCUT2D eigenvalue weighted by Crippen LogP contribution is 2.38. The van der Waals surface area contributed by atoms with Crippen molar-refractivity contribution in [1.82, 2.24) is 15.5 Å². The number of imide groups is 2. The number of amides is 4. The lowest BCUT2D eigenvalue weighted by atomic mass is 9.80. The molecule has 0 aromatic heterocycles. The minimum Gasteiger partial charge on any atom is -0.383 e. The standard InChI is InChI=1S/C21H24N4O4/c26-17-6-5-16(18(27)24-17)25-19(28)14-4-3-13(8-15(14)20(25)29)22-11-21-7-1-2-12(9-21)10-23-21/h3-4,8,12,16,22-23H,1-2,5-7,9-11H2,(H,24,26,27)/t12?,16?,21-/m0/s1. The number of benzene rings is 1. The molecule has 8 nitrogen and oxygen atoms in total. The molecule has 2 saturated heterocycles. The molecular weight excluding hydrogens is 372 g/mol. The van der Waals surface area contributed by atoms with Crippen molar-refractivity contribution in [2.24, 2.45) is 5.92 Å². The summed E-state index contributed by atoms with van der Waals surface area (Å²) in [5, 5.41) is 9.32. The van der Waals surface area contributed by atoms with E-state index in [0.29, 0.717) is 11.1 Å². The molecule has 5 rings (SSSR count). The molecule has 3 N–H and O–H groups in total. The van der Waals surface area contributed by atoms with Gasteiger partial charge in [0.15, 0.2) is 0 Å². The van der Waals surface area contributed by atoms with E-state index >= 15 is 0 Å². The highest BCUT2D eigenvalue weighted by Gasteiger charge is 2.45. The number of hydrogen-bond acceptors (Lipinski definition) is 6. The predicted molar refractivity (Wildman–Crippen MR) is 104 cm³/mol. The second-order valence-electron chi connectivity index (χ2n) is 8.68. The molecule has 29 heavy (non-hydrogen) atoms. The fourth-order valence-electron chi connectivity index (χ4n) is 5.26. The Balaban J connectivity index is 1.33. The Morgan fingerprint density at radius 3 is 2.76 bits per heavy atom. The average molecular weight is 396 g/mol. The van der Waals surface area contributed by atoms with Crippen molar-refractivity contribution in [2.45, 2.75) is 50.1 Å². The highest BCUT2D eigenvalue weighted by atomic mass is 16.2. The molecule has 1 aromatic rings. The Bertz CT molecular complexity index is 925. The van der Waals surface area contributed by atoms with Gasteiger partial charge in [-0.15, -0.1) is 0 Å². The van der Waals surface area contributed by atoms with Gasteiger partial charge in [0.05, 0.1) is 11.1 Å². The van der Waals surface area contributed by atoms with Crippen molar-refractivity contribution in [3.8, 4) is 0 Å². The summed E-state index contributed by atoms with van der Waals surface area (Å²) in [7, 11) is 0. The van der Waals surface area contributed by atoms with E-state index in [9.17, 15) is 19.2 Å². The van der Waals surface area contributed by atoms with E-state index in [-0.39, 0.29) is 24.3 Å². The van der Waals surface area contributed by atoms with E-state index < -0.39 is 23.8 Å². The molecule has 2 unspecified atom stereocenters. The Morgan fingerprint density at radius 1 is 1.10 bits per heavy atom. The Hall–Kier alpha value is -2.74. The van der Waals surface area contributed by atoms with Crippen molar-refractivity contribution < 1.29 is 19.2 Å². The second kappa shape index (κ2) is 6.66. The quantitative estimate of drug-likeness (QED) is 0.656. The van der Waals surface area contributed by atoms with Crippen LogP contribution in [-0.4, -0.2) is 53.2 Å². The Labute approximate surface area is 168 Å². The van der Waals surface area contributed by atoms with Gasteiger partial charge in [-0.05, 0) is 56.3 Å². The minimum atomic E-state index is -0.933. The first kappa shape index (κ1) is 18.3. The number of rotatable bonds is 4. The molecular formula is C21H24N4O4. The number of nitrogens with one attached hydrogen (secondary N) is 3. The number of nitrogens with zero attached hydrogens (tertiary/aromatic N) is 1. The summed E-state index contributed by atoms with van der Waals surface area (Å²) >= 11 is 0. The van der Waals surface area contributed by atoms with Crippen LogP contribution >= 0.6 is 0 Å². The van der Waals surface area contributed by atoms with Crippen LogP contribution in [0, 0.1) is 5.92 Å². The van der Waals surface area contributed by atoms with Crippen LogP contribution < -0.4 is 16.0 Å². The molecule has 1 saturated carbocycles. The maximum absolute atomic E-state index is 12.9. The first-order valence-electron chi connectivity index (χ1n) is 10.3. The summed E-state index contributed by atoms with van der Waals surface area (Å²) in [6, 6.07) is 4.22. The fourth-order valence-corrected chi connectivity index (χ4v) is 5.26. The van der Waals surface area contributed by atoms with Gasteiger partial charge in [-0.2, -0.15) is 0 Å². The molecule has 152 valence electrons. The van der Waals surface area contributed by atoms with Crippen molar-refractivity contribution in [3.63, 3.8) is 0 Å². The molecule has 3 aliphatic heterocycles. The van der Waals surface area contributed by atoms with Gasteiger partial charge in [-0.1, -0.05) is 6.42 Å². The van der Waals surface area contributed by atoms with Crippen LogP contribution in [0.3, 0.4) is 0 Å². The van der Waals surface area contributed by atoms with Crippen LogP contribution in [0.4, 0.5) is 5.69 Å². The van der Waals surface area contributed by atoms with Crippen LogP contribution in [-0.2, 0) is 9.59 Å². The third-order valence-electron chi connectivity index (χ3n) is 6.78. The summed E-state index contributed by atoms with van der Waals surface area (Å²) in [4.78, 5) is 50.2. The largest absolute Gasteiger partial charge is 0.383 e. The van der Waals surface area contributed by atoms with E-state index in [2.05, 4.69) is 16.0 Å². The molecule has 1 aromatic carbocycles. The van der Waals surface area contributed by atoms with Crippen LogP contribution in [0.1, 0.15) is 59.2 Å². The number of carbonyl (C=O) groups excluding carboxylic acids is 4. The van der Waals surface area contributed by atoms with Gasteiger partial charge in [0.25, 0.3) is 11.8 Å². The molecule has 4 amide bonds. The maximum atomic E-state index is 12.9. The lowest BCUT2D eigenvalue weighted by molar-refractivity contribution is -0.136. The van der Waals surface area contributed by atoms with Gasteiger partial charge in [0.1, 0.15) is 6.04 Å². The zero-order chi connectivity index (χ0) is 20.2. The lowest BCUT2D eigenvalue weighted by Gasteiger charge is -2.33. The first-order chi connectivity index (χ1) is 14.0.